The lowest BCUT2D eigenvalue weighted by molar-refractivity contribution is -0.141. The maximum Gasteiger partial charge on any atom is 0.305 e. The van der Waals surface area contributed by atoms with Gasteiger partial charge >= 0.3 is 5.97 Å². The van der Waals surface area contributed by atoms with Gasteiger partial charge in [0.2, 0.25) is 0 Å². The second-order valence-electron chi connectivity index (χ2n) is 4.58. The standard InChI is InChI=1S/C15H20O5/c1-10(8-15(17)20-4)7-12(16)11-5-6-13(18-2)14(9-11)19-3/h5-6,9-10H,7-8H2,1-4H3. The van der Waals surface area contributed by atoms with E-state index in [0.717, 1.165) is 0 Å². The maximum absolute atomic E-state index is 12.1. The van der Waals surface area contributed by atoms with Gasteiger partial charge in [0.1, 0.15) is 0 Å². The van der Waals surface area contributed by atoms with Crippen LogP contribution >= 0.6 is 0 Å². The fourth-order valence-electron chi connectivity index (χ4n) is 1.88. The van der Waals surface area contributed by atoms with Crippen LogP contribution in [0, 0.1) is 5.92 Å². The second-order valence-corrected chi connectivity index (χ2v) is 4.58. The summed E-state index contributed by atoms with van der Waals surface area (Å²) < 4.78 is 14.9. The van der Waals surface area contributed by atoms with E-state index in [4.69, 9.17) is 9.47 Å². The van der Waals surface area contributed by atoms with Crippen LogP contribution in [0.25, 0.3) is 0 Å². The number of methoxy groups -OCH3 is 3. The third kappa shape index (κ3) is 4.26. The summed E-state index contributed by atoms with van der Waals surface area (Å²) in [6, 6.07) is 5.03. The Morgan fingerprint density at radius 3 is 2.25 bits per heavy atom. The number of carbonyl (C=O) groups is 2. The van der Waals surface area contributed by atoms with Gasteiger partial charge in [0.05, 0.1) is 21.3 Å². The quantitative estimate of drug-likeness (QED) is 0.567. The first kappa shape index (κ1) is 16.0. The molecule has 0 N–H and O–H groups in total. The third-order valence-electron chi connectivity index (χ3n) is 2.98. The fourth-order valence-corrected chi connectivity index (χ4v) is 1.88. The van der Waals surface area contributed by atoms with Gasteiger partial charge in [0.25, 0.3) is 0 Å². The molecular weight excluding hydrogens is 260 g/mol. The molecule has 110 valence electrons. The highest BCUT2D eigenvalue weighted by Crippen LogP contribution is 2.28. The van der Waals surface area contributed by atoms with Crippen molar-refractivity contribution in [3.63, 3.8) is 0 Å². The molecule has 1 aromatic rings. The highest BCUT2D eigenvalue weighted by atomic mass is 16.5. The molecule has 0 bridgehead atoms. The number of rotatable bonds is 7. The Bertz CT molecular complexity index is 481. The SMILES string of the molecule is COC(=O)CC(C)CC(=O)c1ccc(OC)c(OC)c1. The molecule has 0 aromatic heterocycles. The molecule has 0 aliphatic heterocycles. The van der Waals surface area contributed by atoms with Gasteiger partial charge in [-0.3, -0.25) is 9.59 Å². The van der Waals surface area contributed by atoms with Crippen molar-refractivity contribution >= 4 is 11.8 Å². The number of esters is 1. The summed E-state index contributed by atoms with van der Waals surface area (Å²) in [4.78, 5) is 23.3. The number of carbonyl (C=O) groups excluding carboxylic acids is 2. The molecule has 0 spiro atoms. The van der Waals surface area contributed by atoms with Gasteiger partial charge in [-0.25, -0.2) is 0 Å². The Hall–Kier alpha value is -2.04. The zero-order chi connectivity index (χ0) is 15.1. The van der Waals surface area contributed by atoms with Gasteiger partial charge in [-0.15, -0.1) is 0 Å². The van der Waals surface area contributed by atoms with Crippen LogP contribution in [0.5, 0.6) is 11.5 Å². The zero-order valence-corrected chi connectivity index (χ0v) is 12.3. The molecule has 1 unspecified atom stereocenters. The first-order chi connectivity index (χ1) is 9.51. The van der Waals surface area contributed by atoms with Crippen LogP contribution in [0.2, 0.25) is 0 Å². The van der Waals surface area contributed by atoms with Crippen molar-refractivity contribution in [3.05, 3.63) is 23.8 Å². The predicted molar refractivity (Wildman–Crippen MR) is 74.3 cm³/mol. The first-order valence-corrected chi connectivity index (χ1v) is 6.33. The minimum absolute atomic E-state index is 0.0395. The van der Waals surface area contributed by atoms with Crippen LogP contribution in [-0.4, -0.2) is 33.1 Å². The summed E-state index contributed by atoms with van der Waals surface area (Å²) in [5.41, 5.74) is 0.541. The van der Waals surface area contributed by atoms with Crippen molar-refractivity contribution in [2.75, 3.05) is 21.3 Å². The lowest BCUT2D eigenvalue weighted by Gasteiger charge is -2.11. The molecule has 1 rings (SSSR count). The molecule has 0 fully saturated rings. The van der Waals surface area contributed by atoms with Crippen LogP contribution in [0.4, 0.5) is 0 Å². The van der Waals surface area contributed by atoms with Crippen LogP contribution < -0.4 is 9.47 Å². The highest BCUT2D eigenvalue weighted by molar-refractivity contribution is 5.97. The number of benzene rings is 1. The number of ether oxygens (including phenoxy) is 3. The molecule has 5 heteroatoms. The molecule has 1 aromatic carbocycles. The Morgan fingerprint density at radius 2 is 1.70 bits per heavy atom. The summed E-state index contributed by atoms with van der Waals surface area (Å²) in [6.45, 7) is 1.84. The van der Waals surface area contributed by atoms with Gasteiger partial charge < -0.3 is 14.2 Å². The zero-order valence-electron chi connectivity index (χ0n) is 12.3. The lowest BCUT2D eigenvalue weighted by atomic mass is 9.97. The number of hydrogen-bond acceptors (Lipinski definition) is 5. The van der Waals surface area contributed by atoms with Crippen LogP contribution in [0.1, 0.15) is 30.1 Å². The normalized spacial score (nSPS) is 11.6. The van der Waals surface area contributed by atoms with E-state index in [0.29, 0.717) is 17.1 Å². The molecule has 5 nitrogen and oxygen atoms in total. The van der Waals surface area contributed by atoms with E-state index in [1.54, 1.807) is 18.2 Å². The van der Waals surface area contributed by atoms with E-state index in [9.17, 15) is 9.59 Å². The van der Waals surface area contributed by atoms with E-state index >= 15 is 0 Å². The summed E-state index contributed by atoms with van der Waals surface area (Å²) in [6.07, 6.45) is 0.514. The Morgan fingerprint density at radius 1 is 1.05 bits per heavy atom. The monoisotopic (exact) mass is 280 g/mol. The Kier molecular flexibility index (Phi) is 6.03. The molecular formula is C15H20O5. The van der Waals surface area contributed by atoms with Crippen molar-refractivity contribution < 1.29 is 23.8 Å². The highest BCUT2D eigenvalue weighted by Gasteiger charge is 2.16. The predicted octanol–water partition coefficient (Wildman–Crippen LogP) is 2.48. The van der Waals surface area contributed by atoms with Gasteiger partial charge in [-0.1, -0.05) is 6.92 Å². The van der Waals surface area contributed by atoms with E-state index in [-0.39, 0.29) is 30.5 Å². The molecule has 0 aliphatic rings. The number of Topliss-reactive ketones (excluding diaryl/α,β-unsaturated/α-hetero) is 1. The Labute approximate surface area is 118 Å². The largest absolute Gasteiger partial charge is 0.493 e. The summed E-state index contributed by atoms with van der Waals surface area (Å²) >= 11 is 0. The molecule has 1 atom stereocenters. The molecule has 20 heavy (non-hydrogen) atoms. The van der Waals surface area contributed by atoms with E-state index < -0.39 is 0 Å². The lowest BCUT2D eigenvalue weighted by Crippen LogP contribution is -2.12. The van der Waals surface area contributed by atoms with E-state index in [2.05, 4.69) is 4.74 Å². The Balaban J connectivity index is 2.75. The van der Waals surface area contributed by atoms with Crippen LogP contribution in [0.3, 0.4) is 0 Å². The van der Waals surface area contributed by atoms with Gasteiger partial charge in [-0.2, -0.15) is 0 Å². The van der Waals surface area contributed by atoms with Crippen LogP contribution in [-0.2, 0) is 9.53 Å². The van der Waals surface area contributed by atoms with Crippen LogP contribution in [0.15, 0.2) is 18.2 Å². The minimum atomic E-state index is -0.308. The summed E-state index contributed by atoms with van der Waals surface area (Å²) in [7, 11) is 4.40. The van der Waals surface area contributed by atoms with Crippen molar-refractivity contribution in [2.24, 2.45) is 5.92 Å². The molecule has 0 heterocycles. The third-order valence-corrected chi connectivity index (χ3v) is 2.98. The molecule has 0 aliphatic carbocycles. The molecule has 0 saturated heterocycles. The average molecular weight is 280 g/mol. The molecule has 0 radical (unpaired) electrons. The minimum Gasteiger partial charge on any atom is -0.493 e. The molecule has 0 amide bonds. The topological polar surface area (TPSA) is 61.8 Å². The summed E-state index contributed by atoms with van der Waals surface area (Å²) in [5, 5.41) is 0. The summed E-state index contributed by atoms with van der Waals surface area (Å²) in [5.74, 6) is 0.675. The maximum atomic E-state index is 12.1. The van der Waals surface area contributed by atoms with Gasteiger partial charge in [0.15, 0.2) is 17.3 Å². The van der Waals surface area contributed by atoms with Crippen molar-refractivity contribution in [3.8, 4) is 11.5 Å². The van der Waals surface area contributed by atoms with Crippen molar-refractivity contribution in [1.29, 1.82) is 0 Å². The average Bonchev–Trinajstić information content (AvgIpc) is 2.45. The van der Waals surface area contributed by atoms with Crippen molar-refractivity contribution in [1.82, 2.24) is 0 Å². The fraction of sp³-hybridized carbons (Fsp3) is 0.467. The first-order valence-electron chi connectivity index (χ1n) is 6.33. The number of ketones is 1. The van der Waals surface area contributed by atoms with E-state index in [1.807, 2.05) is 6.92 Å². The smallest absolute Gasteiger partial charge is 0.305 e. The number of hydrogen-bond donors (Lipinski definition) is 0. The van der Waals surface area contributed by atoms with Gasteiger partial charge in [0, 0.05) is 18.4 Å². The molecule has 0 saturated carbocycles. The van der Waals surface area contributed by atoms with E-state index in [1.165, 1.54) is 21.3 Å². The van der Waals surface area contributed by atoms with Gasteiger partial charge in [-0.05, 0) is 24.1 Å². The second kappa shape index (κ2) is 7.53. The van der Waals surface area contributed by atoms with Crippen molar-refractivity contribution in [2.45, 2.75) is 19.8 Å².